The highest BCUT2D eigenvalue weighted by atomic mass is 35.5. The van der Waals surface area contributed by atoms with Crippen LogP contribution in [0.4, 0.5) is 5.69 Å². The lowest BCUT2D eigenvalue weighted by Crippen LogP contribution is -2.25. The Hall–Kier alpha value is -2.63. The van der Waals surface area contributed by atoms with E-state index in [1.807, 2.05) is 24.3 Å². The molecule has 0 atom stereocenters. The first-order chi connectivity index (χ1) is 13.7. The number of nitrogens with zero attached hydrogens (tertiary/aromatic N) is 2. The monoisotopic (exact) mass is 394 g/mol. The van der Waals surface area contributed by atoms with Gasteiger partial charge in [0.2, 0.25) is 0 Å². The smallest absolute Gasteiger partial charge is 0.154 e. The zero-order valence-electron chi connectivity index (χ0n) is 15.8. The Balaban J connectivity index is 1.50. The SMILES string of the molecule is CN(CCc1[nH]nc(-c2cccc(Cl)c2)c1C=O)c1ccc2c(c1)CNCC2. The molecule has 2 heterocycles. The van der Waals surface area contributed by atoms with Crippen LogP contribution in [0.15, 0.2) is 42.5 Å². The second kappa shape index (κ2) is 8.17. The number of halogens is 1. The molecule has 0 amide bonds. The lowest BCUT2D eigenvalue weighted by molar-refractivity contribution is 0.112. The third kappa shape index (κ3) is 3.81. The first kappa shape index (κ1) is 18.7. The fourth-order valence-corrected chi connectivity index (χ4v) is 3.86. The van der Waals surface area contributed by atoms with E-state index in [4.69, 9.17) is 11.6 Å². The average molecular weight is 395 g/mol. The molecule has 5 nitrogen and oxygen atoms in total. The maximum Gasteiger partial charge on any atom is 0.154 e. The lowest BCUT2D eigenvalue weighted by Gasteiger charge is -2.23. The maximum atomic E-state index is 11.7. The van der Waals surface area contributed by atoms with E-state index in [1.54, 1.807) is 0 Å². The Kier molecular flexibility index (Phi) is 5.46. The van der Waals surface area contributed by atoms with Crippen molar-refractivity contribution in [3.63, 3.8) is 0 Å². The fraction of sp³-hybridized carbons (Fsp3) is 0.273. The number of rotatable bonds is 6. The van der Waals surface area contributed by atoms with Gasteiger partial charge in [-0.25, -0.2) is 0 Å². The molecule has 2 aromatic carbocycles. The molecule has 0 saturated carbocycles. The molecule has 6 heteroatoms. The van der Waals surface area contributed by atoms with Gasteiger partial charge in [0.25, 0.3) is 0 Å². The summed E-state index contributed by atoms with van der Waals surface area (Å²) in [5.74, 6) is 0. The van der Waals surface area contributed by atoms with Crippen molar-refractivity contribution in [3.8, 4) is 11.3 Å². The van der Waals surface area contributed by atoms with Crippen LogP contribution >= 0.6 is 11.6 Å². The zero-order chi connectivity index (χ0) is 19.5. The van der Waals surface area contributed by atoms with E-state index >= 15 is 0 Å². The van der Waals surface area contributed by atoms with Gasteiger partial charge in [-0.1, -0.05) is 29.8 Å². The van der Waals surface area contributed by atoms with Gasteiger partial charge >= 0.3 is 0 Å². The zero-order valence-corrected chi connectivity index (χ0v) is 16.6. The summed E-state index contributed by atoms with van der Waals surface area (Å²) in [6.45, 7) is 2.76. The van der Waals surface area contributed by atoms with Crippen LogP contribution in [-0.4, -0.2) is 36.6 Å². The van der Waals surface area contributed by atoms with Crippen LogP contribution in [0, 0.1) is 0 Å². The molecule has 0 fully saturated rings. The molecule has 0 aliphatic carbocycles. The van der Waals surface area contributed by atoms with Crippen molar-refractivity contribution in [3.05, 3.63) is 69.9 Å². The van der Waals surface area contributed by atoms with Crippen molar-refractivity contribution in [2.45, 2.75) is 19.4 Å². The Bertz CT molecular complexity index is 998. The van der Waals surface area contributed by atoms with E-state index in [0.717, 1.165) is 43.6 Å². The van der Waals surface area contributed by atoms with Gasteiger partial charge in [0.1, 0.15) is 5.69 Å². The molecule has 0 bridgehead atoms. The summed E-state index contributed by atoms with van der Waals surface area (Å²) < 4.78 is 0. The standard InChI is InChI=1S/C22H23ClN4O/c1-27(19-6-5-15-7-9-24-13-17(15)12-19)10-8-21-20(14-28)22(26-25-21)16-3-2-4-18(23)11-16/h2-6,11-12,14,24H,7-10,13H2,1H3,(H,25,26). The Morgan fingerprint density at radius 3 is 2.93 bits per heavy atom. The average Bonchev–Trinajstić information content (AvgIpc) is 3.14. The van der Waals surface area contributed by atoms with Crippen molar-refractivity contribution in [1.29, 1.82) is 0 Å². The van der Waals surface area contributed by atoms with Crippen molar-refractivity contribution in [2.24, 2.45) is 0 Å². The lowest BCUT2D eigenvalue weighted by atomic mass is 10.00. The molecule has 1 aliphatic heterocycles. The molecule has 2 N–H and O–H groups in total. The second-order valence-corrected chi connectivity index (χ2v) is 7.58. The van der Waals surface area contributed by atoms with Crippen LogP contribution in [-0.2, 0) is 19.4 Å². The van der Waals surface area contributed by atoms with Crippen LogP contribution < -0.4 is 10.2 Å². The number of aromatic nitrogens is 2. The second-order valence-electron chi connectivity index (χ2n) is 7.14. The van der Waals surface area contributed by atoms with E-state index in [-0.39, 0.29) is 0 Å². The number of carbonyl (C=O) groups is 1. The van der Waals surface area contributed by atoms with Crippen molar-refractivity contribution < 1.29 is 4.79 Å². The van der Waals surface area contributed by atoms with E-state index in [1.165, 1.54) is 16.8 Å². The molecule has 0 radical (unpaired) electrons. The molecule has 0 saturated heterocycles. The number of likely N-dealkylation sites (N-methyl/N-ethyl adjacent to an activating group) is 1. The predicted octanol–water partition coefficient (Wildman–Crippen LogP) is 3.87. The van der Waals surface area contributed by atoms with Crippen LogP contribution in [0.5, 0.6) is 0 Å². The summed E-state index contributed by atoms with van der Waals surface area (Å²) in [4.78, 5) is 13.9. The van der Waals surface area contributed by atoms with Crippen LogP contribution in [0.25, 0.3) is 11.3 Å². The minimum absolute atomic E-state index is 0.602. The number of benzene rings is 2. The summed E-state index contributed by atoms with van der Waals surface area (Å²) in [5.41, 5.74) is 6.92. The predicted molar refractivity (Wildman–Crippen MR) is 113 cm³/mol. The van der Waals surface area contributed by atoms with E-state index in [9.17, 15) is 4.79 Å². The van der Waals surface area contributed by atoms with Crippen molar-refractivity contribution in [2.75, 3.05) is 25.0 Å². The Morgan fingerprint density at radius 2 is 2.11 bits per heavy atom. The number of anilines is 1. The minimum Gasteiger partial charge on any atom is -0.374 e. The topological polar surface area (TPSA) is 61.0 Å². The molecule has 144 valence electrons. The summed E-state index contributed by atoms with van der Waals surface area (Å²) >= 11 is 6.08. The molecular formula is C22H23ClN4O. The number of fused-ring (bicyclic) bond motifs is 1. The minimum atomic E-state index is 0.602. The molecule has 0 unspecified atom stereocenters. The highest BCUT2D eigenvalue weighted by molar-refractivity contribution is 6.30. The Morgan fingerprint density at radius 1 is 1.21 bits per heavy atom. The van der Waals surface area contributed by atoms with Gasteiger partial charge in [-0.05, 0) is 48.4 Å². The third-order valence-corrected chi connectivity index (χ3v) is 5.55. The van der Waals surface area contributed by atoms with Gasteiger partial charge in [0.05, 0.1) is 5.56 Å². The number of aldehydes is 1. The van der Waals surface area contributed by atoms with Gasteiger partial charge in [-0.15, -0.1) is 0 Å². The number of hydrogen-bond acceptors (Lipinski definition) is 4. The van der Waals surface area contributed by atoms with Crippen LogP contribution in [0.2, 0.25) is 5.02 Å². The Labute approximate surface area is 169 Å². The van der Waals surface area contributed by atoms with Gasteiger partial charge in [0.15, 0.2) is 6.29 Å². The van der Waals surface area contributed by atoms with E-state index in [0.29, 0.717) is 22.7 Å². The largest absolute Gasteiger partial charge is 0.374 e. The quantitative estimate of drug-likeness (QED) is 0.623. The van der Waals surface area contributed by atoms with Crippen molar-refractivity contribution >= 4 is 23.6 Å². The first-order valence-electron chi connectivity index (χ1n) is 9.47. The molecule has 1 aliphatic rings. The normalized spacial score (nSPS) is 13.2. The van der Waals surface area contributed by atoms with Crippen LogP contribution in [0.1, 0.15) is 27.2 Å². The summed E-state index contributed by atoms with van der Waals surface area (Å²) in [7, 11) is 2.08. The van der Waals surface area contributed by atoms with E-state index in [2.05, 4.69) is 45.7 Å². The highest BCUT2D eigenvalue weighted by Gasteiger charge is 2.16. The number of hydrogen-bond donors (Lipinski definition) is 2. The summed E-state index contributed by atoms with van der Waals surface area (Å²) in [6.07, 6.45) is 2.66. The number of aromatic amines is 1. The van der Waals surface area contributed by atoms with Crippen LogP contribution in [0.3, 0.4) is 0 Å². The van der Waals surface area contributed by atoms with Gasteiger partial charge in [-0.2, -0.15) is 5.10 Å². The molecule has 3 aromatic rings. The molecule has 0 spiro atoms. The van der Waals surface area contributed by atoms with Crippen molar-refractivity contribution in [1.82, 2.24) is 15.5 Å². The molecular weight excluding hydrogens is 372 g/mol. The maximum absolute atomic E-state index is 11.7. The molecule has 1 aromatic heterocycles. The fourth-order valence-electron chi connectivity index (χ4n) is 3.67. The first-order valence-corrected chi connectivity index (χ1v) is 9.85. The highest BCUT2D eigenvalue weighted by Crippen LogP contribution is 2.26. The van der Waals surface area contributed by atoms with Gasteiger partial charge in [-0.3, -0.25) is 9.89 Å². The third-order valence-electron chi connectivity index (χ3n) is 5.31. The molecule has 4 rings (SSSR count). The number of carbonyl (C=O) groups excluding carboxylic acids is 1. The summed E-state index contributed by atoms with van der Waals surface area (Å²) in [6, 6.07) is 14.1. The van der Waals surface area contributed by atoms with Gasteiger partial charge in [0, 0.05) is 48.5 Å². The number of H-pyrrole nitrogens is 1. The summed E-state index contributed by atoms with van der Waals surface area (Å²) in [5, 5.41) is 11.5. The molecule has 28 heavy (non-hydrogen) atoms. The number of nitrogens with one attached hydrogen (secondary N) is 2. The van der Waals surface area contributed by atoms with E-state index < -0.39 is 0 Å². The van der Waals surface area contributed by atoms with Gasteiger partial charge < -0.3 is 10.2 Å².